The smallest absolute Gasteiger partial charge is 0.264 e. The number of sulfonamides is 1. The highest BCUT2D eigenvalue weighted by Crippen LogP contribution is 2.26. The van der Waals surface area contributed by atoms with Crippen LogP contribution in [-0.2, 0) is 26.2 Å². The zero-order valence-electron chi connectivity index (χ0n) is 23.2. The van der Waals surface area contributed by atoms with Gasteiger partial charge in [0, 0.05) is 18.1 Å². The summed E-state index contributed by atoms with van der Waals surface area (Å²) in [5.74, 6) is 0.0237. The van der Waals surface area contributed by atoms with Crippen molar-refractivity contribution >= 4 is 39.1 Å². The molecule has 1 atom stereocenters. The second-order valence-corrected chi connectivity index (χ2v) is 12.0. The van der Waals surface area contributed by atoms with Crippen molar-refractivity contribution in [2.45, 2.75) is 44.7 Å². The molecule has 0 fully saturated rings. The molecule has 214 valence electrons. The van der Waals surface area contributed by atoms with Crippen molar-refractivity contribution in [2.75, 3.05) is 24.5 Å². The lowest BCUT2D eigenvalue weighted by molar-refractivity contribution is -0.140. The van der Waals surface area contributed by atoms with Gasteiger partial charge in [-0.1, -0.05) is 62.7 Å². The molecule has 0 heterocycles. The minimum absolute atomic E-state index is 0.00498. The van der Waals surface area contributed by atoms with Crippen LogP contribution in [0.3, 0.4) is 0 Å². The maximum Gasteiger partial charge on any atom is 0.264 e. The van der Waals surface area contributed by atoms with E-state index in [-0.39, 0.29) is 23.3 Å². The van der Waals surface area contributed by atoms with Crippen LogP contribution in [0.2, 0.25) is 5.02 Å². The van der Waals surface area contributed by atoms with Crippen LogP contribution in [0.25, 0.3) is 0 Å². The fourth-order valence-electron chi connectivity index (χ4n) is 4.17. The highest BCUT2D eigenvalue weighted by Gasteiger charge is 2.33. The Hall–Kier alpha value is -3.56. The summed E-state index contributed by atoms with van der Waals surface area (Å²) in [5, 5.41) is 3.31. The molecule has 0 bridgehead atoms. The molecule has 8 nitrogen and oxygen atoms in total. The molecule has 1 N–H and O–H groups in total. The lowest BCUT2D eigenvalue weighted by Crippen LogP contribution is -2.52. The molecule has 10 heteroatoms. The molecule has 40 heavy (non-hydrogen) atoms. The number of hydrogen-bond acceptors (Lipinski definition) is 5. The molecule has 0 aliphatic heterocycles. The van der Waals surface area contributed by atoms with Crippen molar-refractivity contribution < 1.29 is 22.7 Å². The number of carbonyl (C=O) groups is 2. The van der Waals surface area contributed by atoms with E-state index >= 15 is 0 Å². The predicted molar refractivity (Wildman–Crippen MR) is 158 cm³/mol. The van der Waals surface area contributed by atoms with Crippen molar-refractivity contribution in [1.29, 1.82) is 0 Å². The number of halogens is 1. The Balaban J connectivity index is 2.03. The number of amides is 2. The monoisotopic (exact) mass is 585 g/mol. The quantitative estimate of drug-likeness (QED) is 0.300. The lowest BCUT2D eigenvalue weighted by atomic mass is 10.1. The third-order valence-corrected chi connectivity index (χ3v) is 8.32. The van der Waals surface area contributed by atoms with Gasteiger partial charge in [-0.25, -0.2) is 8.42 Å². The maximum atomic E-state index is 14.0. The number of carbonyl (C=O) groups excluding carboxylic acids is 2. The van der Waals surface area contributed by atoms with Gasteiger partial charge in [-0.05, 0) is 66.4 Å². The fraction of sp³-hybridized carbons (Fsp3) is 0.333. The van der Waals surface area contributed by atoms with Gasteiger partial charge in [0.2, 0.25) is 11.8 Å². The largest absolute Gasteiger partial charge is 0.497 e. The molecule has 3 aromatic carbocycles. The average molecular weight is 586 g/mol. The first kappa shape index (κ1) is 31.0. The Bertz CT molecular complexity index is 1380. The van der Waals surface area contributed by atoms with Gasteiger partial charge in [0.1, 0.15) is 18.3 Å². The number of ether oxygens (including phenoxy) is 1. The van der Waals surface area contributed by atoms with Crippen LogP contribution in [0.5, 0.6) is 5.75 Å². The second kappa shape index (κ2) is 14.2. The third-order valence-electron chi connectivity index (χ3n) is 6.28. The fourth-order valence-corrected chi connectivity index (χ4v) is 5.71. The number of anilines is 1. The molecule has 0 aromatic heterocycles. The van der Waals surface area contributed by atoms with Crippen LogP contribution in [0.4, 0.5) is 5.69 Å². The Morgan fingerprint density at radius 2 is 1.65 bits per heavy atom. The van der Waals surface area contributed by atoms with Crippen LogP contribution >= 0.6 is 11.6 Å². The SMILES string of the molecule is CC[C@@H](C(=O)NCC(C)C)N(Cc1cccc(OC)c1)C(=O)CN(c1ccccc1)S(=O)(=O)c1ccc(Cl)cc1. The molecule has 0 spiro atoms. The second-order valence-electron chi connectivity index (χ2n) is 9.74. The molecule has 3 aromatic rings. The van der Waals surface area contributed by atoms with Crippen LogP contribution in [0.15, 0.2) is 83.8 Å². The minimum Gasteiger partial charge on any atom is -0.497 e. The van der Waals surface area contributed by atoms with Crippen molar-refractivity contribution in [3.63, 3.8) is 0 Å². The first-order chi connectivity index (χ1) is 19.1. The van der Waals surface area contributed by atoms with Gasteiger partial charge < -0.3 is 15.0 Å². The summed E-state index contributed by atoms with van der Waals surface area (Å²) in [6.45, 7) is 5.84. The zero-order valence-corrected chi connectivity index (χ0v) is 24.8. The van der Waals surface area contributed by atoms with Gasteiger partial charge >= 0.3 is 0 Å². The molecule has 2 amide bonds. The van der Waals surface area contributed by atoms with E-state index in [1.54, 1.807) is 55.6 Å². The van der Waals surface area contributed by atoms with Crippen LogP contribution in [0.1, 0.15) is 32.8 Å². The van der Waals surface area contributed by atoms with Gasteiger partial charge in [0.05, 0.1) is 17.7 Å². The summed E-state index contributed by atoms with van der Waals surface area (Å²) in [6, 6.07) is 20.6. The van der Waals surface area contributed by atoms with E-state index in [2.05, 4.69) is 5.32 Å². The summed E-state index contributed by atoms with van der Waals surface area (Å²) in [4.78, 5) is 28.8. The number of rotatable bonds is 13. The summed E-state index contributed by atoms with van der Waals surface area (Å²) in [6.07, 6.45) is 0.342. The van der Waals surface area contributed by atoms with Crippen molar-refractivity contribution in [1.82, 2.24) is 10.2 Å². The van der Waals surface area contributed by atoms with E-state index in [9.17, 15) is 18.0 Å². The molecular weight excluding hydrogens is 550 g/mol. The highest BCUT2D eigenvalue weighted by molar-refractivity contribution is 7.92. The minimum atomic E-state index is -4.15. The van der Waals surface area contributed by atoms with Crippen molar-refractivity contribution in [3.05, 3.63) is 89.4 Å². The lowest BCUT2D eigenvalue weighted by Gasteiger charge is -2.33. The van der Waals surface area contributed by atoms with E-state index in [1.807, 2.05) is 26.8 Å². The predicted octanol–water partition coefficient (Wildman–Crippen LogP) is 5.12. The molecule has 0 saturated heterocycles. The standard InChI is InChI=1S/C30H36ClN3O5S/c1-5-28(30(36)32-19-22(2)3)33(20-23-10-9-13-26(18-23)39-4)29(35)21-34(25-11-7-6-8-12-25)40(37,38)27-16-14-24(31)15-17-27/h6-18,22,28H,5,19-21H2,1-4H3,(H,32,36)/t28-/m0/s1. The Morgan fingerprint density at radius 3 is 2.25 bits per heavy atom. The van der Waals surface area contributed by atoms with Gasteiger partial charge in [-0.3, -0.25) is 13.9 Å². The van der Waals surface area contributed by atoms with Gasteiger partial charge in [-0.2, -0.15) is 0 Å². The van der Waals surface area contributed by atoms with Crippen LogP contribution in [-0.4, -0.2) is 51.4 Å². The number of nitrogens with one attached hydrogen (secondary N) is 1. The Morgan fingerprint density at radius 1 is 0.975 bits per heavy atom. The van der Waals surface area contributed by atoms with Gasteiger partial charge in [-0.15, -0.1) is 0 Å². The Kier molecular flexibility index (Phi) is 11.0. The van der Waals surface area contributed by atoms with E-state index < -0.39 is 28.5 Å². The molecule has 0 unspecified atom stereocenters. The van der Waals surface area contributed by atoms with Gasteiger partial charge in [0.15, 0.2) is 0 Å². The summed E-state index contributed by atoms with van der Waals surface area (Å²) < 4.78 is 34.0. The summed E-state index contributed by atoms with van der Waals surface area (Å²) >= 11 is 5.99. The average Bonchev–Trinajstić information content (AvgIpc) is 2.95. The summed E-state index contributed by atoms with van der Waals surface area (Å²) in [5.41, 5.74) is 1.07. The van der Waals surface area contributed by atoms with E-state index in [4.69, 9.17) is 16.3 Å². The van der Waals surface area contributed by atoms with Crippen LogP contribution in [0, 0.1) is 5.92 Å². The number of para-hydroxylation sites is 1. The number of benzene rings is 3. The molecule has 0 aliphatic rings. The maximum absolute atomic E-state index is 14.0. The first-order valence-corrected chi connectivity index (χ1v) is 14.9. The van der Waals surface area contributed by atoms with Crippen molar-refractivity contribution in [2.24, 2.45) is 5.92 Å². The van der Waals surface area contributed by atoms with E-state index in [1.165, 1.54) is 29.2 Å². The molecule has 0 saturated carbocycles. The van der Waals surface area contributed by atoms with E-state index in [0.29, 0.717) is 29.4 Å². The van der Waals surface area contributed by atoms with E-state index in [0.717, 1.165) is 9.87 Å². The molecular formula is C30H36ClN3O5S. The number of hydrogen-bond donors (Lipinski definition) is 1. The highest BCUT2D eigenvalue weighted by atomic mass is 35.5. The number of methoxy groups -OCH3 is 1. The molecule has 3 rings (SSSR count). The topological polar surface area (TPSA) is 96.0 Å². The Labute approximate surface area is 241 Å². The van der Waals surface area contributed by atoms with Gasteiger partial charge in [0.25, 0.3) is 10.0 Å². The summed E-state index contributed by atoms with van der Waals surface area (Å²) in [7, 11) is -2.60. The zero-order chi connectivity index (χ0) is 29.3. The molecule has 0 aliphatic carbocycles. The van der Waals surface area contributed by atoms with Crippen molar-refractivity contribution in [3.8, 4) is 5.75 Å². The normalized spacial score (nSPS) is 12.1. The number of nitrogens with zero attached hydrogens (tertiary/aromatic N) is 2. The third kappa shape index (κ3) is 7.99. The van der Waals surface area contributed by atoms with Crippen LogP contribution < -0.4 is 14.4 Å². The molecule has 0 radical (unpaired) electrons. The first-order valence-electron chi connectivity index (χ1n) is 13.1.